The Balaban J connectivity index is 4.61. The molecule has 0 amide bonds. The van der Waals surface area contributed by atoms with Gasteiger partial charge in [0.2, 0.25) is 0 Å². The molecule has 0 aliphatic rings. The molecule has 3 nitrogen and oxygen atoms in total. The zero-order valence-corrected chi connectivity index (χ0v) is 6.51. The highest BCUT2D eigenvalue weighted by atomic mass is 16.1. The van der Waals surface area contributed by atoms with Crippen molar-refractivity contribution in [3.63, 3.8) is 0 Å². The largest absolute Gasteiger partial charge is 0.390 e. The highest BCUT2D eigenvalue weighted by molar-refractivity contribution is 5.94. The summed E-state index contributed by atoms with van der Waals surface area (Å²) in [5.74, 6) is -0.0540. The van der Waals surface area contributed by atoms with Gasteiger partial charge in [-0.2, -0.15) is 0 Å². The minimum atomic E-state index is -0.0540. The topological polar surface area (TPSA) is 55.5 Å². The molecule has 0 heterocycles. The first kappa shape index (κ1) is 8.88. The lowest BCUT2D eigenvalue weighted by Gasteiger charge is -1.96. The monoisotopic (exact) mass is 140 g/mol. The Morgan fingerprint density at radius 1 is 1.40 bits per heavy atom. The van der Waals surface area contributed by atoms with Gasteiger partial charge < -0.3 is 5.73 Å². The summed E-state index contributed by atoms with van der Waals surface area (Å²) in [6.07, 6.45) is 1.13. The van der Waals surface area contributed by atoms with Crippen LogP contribution in [0.1, 0.15) is 20.8 Å². The standard InChI is InChI=1S/C7H12N2O/c1-5(2)7(6(3)10)9-4-8/h4H,1-3H3,(H2,8,9). The van der Waals surface area contributed by atoms with Crippen molar-refractivity contribution in [3.05, 3.63) is 11.3 Å². The lowest BCUT2D eigenvalue weighted by Crippen LogP contribution is -1.99. The third-order valence-electron chi connectivity index (χ3n) is 1.01. The first-order valence-electron chi connectivity index (χ1n) is 3.02. The van der Waals surface area contributed by atoms with E-state index < -0.39 is 0 Å². The van der Waals surface area contributed by atoms with E-state index >= 15 is 0 Å². The van der Waals surface area contributed by atoms with Gasteiger partial charge >= 0.3 is 0 Å². The van der Waals surface area contributed by atoms with E-state index in [0.717, 1.165) is 11.9 Å². The molecule has 0 spiro atoms. The molecule has 0 aliphatic heterocycles. The predicted molar refractivity (Wildman–Crippen MR) is 41.7 cm³/mol. The van der Waals surface area contributed by atoms with Crippen molar-refractivity contribution >= 4 is 12.1 Å². The van der Waals surface area contributed by atoms with Gasteiger partial charge in [-0.15, -0.1) is 0 Å². The first-order valence-corrected chi connectivity index (χ1v) is 3.02. The number of allylic oxidation sites excluding steroid dienone is 2. The van der Waals surface area contributed by atoms with Crippen molar-refractivity contribution in [1.82, 2.24) is 0 Å². The molecule has 10 heavy (non-hydrogen) atoms. The maximum absolute atomic E-state index is 10.7. The second kappa shape index (κ2) is 3.82. The van der Waals surface area contributed by atoms with Crippen molar-refractivity contribution in [1.29, 1.82) is 0 Å². The van der Waals surface area contributed by atoms with Crippen LogP contribution in [-0.4, -0.2) is 12.1 Å². The van der Waals surface area contributed by atoms with E-state index in [9.17, 15) is 4.79 Å². The summed E-state index contributed by atoms with van der Waals surface area (Å²) in [7, 11) is 0. The maximum atomic E-state index is 10.7. The van der Waals surface area contributed by atoms with E-state index in [1.807, 2.05) is 13.8 Å². The Labute approximate surface area is 60.6 Å². The average molecular weight is 140 g/mol. The molecule has 2 N–H and O–H groups in total. The fourth-order valence-electron chi connectivity index (χ4n) is 0.647. The number of carbonyl (C=O) groups excluding carboxylic acids is 1. The van der Waals surface area contributed by atoms with E-state index in [1.165, 1.54) is 6.92 Å². The van der Waals surface area contributed by atoms with E-state index in [-0.39, 0.29) is 5.78 Å². The number of nitrogens with two attached hydrogens (primary N) is 1. The van der Waals surface area contributed by atoms with Gasteiger partial charge in [-0.25, -0.2) is 4.99 Å². The van der Waals surface area contributed by atoms with Crippen LogP contribution in [0.2, 0.25) is 0 Å². The minimum Gasteiger partial charge on any atom is -0.390 e. The summed E-state index contributed by atoms with van der Waals surface area (Å²) < 4.78 is 0. The average Bonchev–Trinajstić information content (AvgIpc) is 1.81. The Morgan fingerprint density at radius 2 is 1.90 bits per heavy atom. The maximum Gasteiger partial charge on any atom is 0.178 e. The van der Waals surface area contributed by atoms with Crippen LogP contribution in [0.25, 0.3) is 0 Å². The molecule has 56 valence electrons. The van der Waals surface area contributed by atoms with Crippen molar-refractivity contribution in [3.8, 4) is 0 Å². The summed E-state index contributed by atoms with van der Waals surface area (Å²) in [5.41, 5.74) is 6.36. The number of nitrogens with zero attached hydrogens (tertiary/aromatic N) is 1. The number of ketones is 1. The number of aliphatic imine (C=N–C) groups is 1. The van der Waals surface area contributed by atoms with E-state index in [4.69, 9.17) is 5.73 Å². The zero-order valence-electron chi connectivity index (χ0n) is 6.51. The molecule has 0 radical (unpaired) electrons. The number of rotatable bonds is 2. The summed E-state index contributed by atoms with van der Waals surface area (Å²) in [4.78, 5) is 14.5. The van der Waals surface area contributed by atoms with Crippen LogP contribution < -0.4 is 5.73 Å². The number of hydrogen-bond acceptors (Lipinski definition) is 2. The van der Waals surface area contributed by atoms with Gasteiger partial charge in [-0.3, -0.25) is 4.79 Å². The van der Waals surface area contributed by atoms with Crippen LogP contribution in [0, 0.1) is 0 Å². The molecule has 0 aromatic heterocycles. The molecule has 0 unspecified atom stereocenters. The molecule has 0 aliphatic carbocycles. The van der Waals surface area contributed by atoms with Crippen molar-refractivity contribution in [2.75, 3.05) is 0 Å². The molecule has 3 heteroatoms. The van der Waals surface area contributed by atoms with Crippen molar-refractivity contribution in [2.24, 2.45) is 10.7 Å². The molecule has 0 rings (SSSR count). The molecule has 0 saturated carbocycles. The molecule has 0 saturated heterocycles. The SMILES string of the molecule is CC(=O)C(N=CN)=C(C)C. The Hall–Kier alpha value is -1.12. The Bertz CT molecular complexity index is 188. The number of hydrogen-bond donors (Lipinski definition) is 1. The fraction of sp³-hybridized carbons (Fsp3) is 0.429. The molecule has 0 atom stereocenters. The van der Waals surface area contributed by atoms with Crippen LogP contribution in [0.5, 0.6) is 0 Å². The van der Waals surface area contributed by atoms with Gasteiger partial charge in [0.1, 0.15) is 5.70 Å². The lowest BCUT2D eigenvalue weighted by atomic mass is 10.2. The fourth-order valence-corrected chi connectivity index (χ4v) is 0.647. The van der Waals surface area contributed by atoms with Gasteiger partial charge in [0, 0.05) is 6.92 Å². The normalized spacial score (nSPS) is 9.90. The second-order valence-corrected chi connectivity index (χ2v) is 2.18. The zero-order chi connectivity index (χ0) is 8.15. The summed E-state index contributed by atoms with van der Waals surface area (Å²) in [6, 6.07) is 0. The highest BCUT2D eigenvalue weighted by Gasteiger charge is 2.01. The predicted octanol–water partition coefficient (Wildman–Crippen LogP) is 0.856. The third kappa shape index (κ3) is 2.44. The smallest absolute Gasteiger partial charge is 0.178 e. The van der Waals surface area contributed by atoms with Gasteiger partial charge in [-0.05, 0) is 19.4 Å². The number of carbonyl (C=O) groups is 1. The summed E-state index contributed by atoms with van der Waals surface area (Å²) in [6.45, 7) is 5.11. The second-order valence-electron chi connectivity index (χ2n) is 2.18. The molecule has 0 fully saturated rings. The van der Waals surface area contributed by atoms with Gasteiger partial charge in [0.05, 0.1) is 6.34 Å². The first-order chi connectivity index (χ1) is 4.59. The molecule has 0 bridgehead atoms. The van der Waals surface area contributed by atoms with Crippen LogP contribution in [0.4, 0.5) is 0 Å². The van der Waals surface area contributed by atoms with Gasteiger partial charge in [0.25, 0.3) is 0 Å². The third-order valence-corrected chi connectivity index (χ3v) is 1.01. The molecular formula is C7H12N2O. The van der Waals surface area contributed by atoms with Crippen molar-refractivity contribution in [2.45, 2.75) is 20.8 Å². The lowest BCUT2D eigenvalue weighted by molar-refractivity contribution is -0.113. The van der Waals surface area contributed by atoms with Crippen LogP contribution in [0.15, 0.2) is 16.3 Å². The molecular weight excluding hydrogens is 128 g/mol. The quantitative estimate of drug-likeness (QED) is 0.351. The summed E-state index contributed by atoms with van der Waals surface area (Å²) in [5, 5.41) is 0. The van der Waals surface area contributed by atoms with Gasteiger partial charge in [-0.1, -0.05) is 0 Å². The summed E-state index contributed by atoms with van der Waals surface area (Å²) >= 11 is 0. The Morgan fingerprint density at radius 3 is 2.00 bits per heavy atom. The van der Waals surface area contributed by atoms with Crippen LogP contribution in [0.3, 0.4) is 0 Å². The van der Waals surface area contributed by atoms with E-state index in [1.54, 1.807) is 0 Å². The van der Waals surface area contributed by atoms with E-state index in [2.05, 4.69) is 4.99 Å². The van der Waals surface area contributed by atoms with E-state index in [0.29, 0.717) is 5.70 Å². The minimum absolute atomic E-state index is 0.0540. The highest BCUT2D eigenvalue weighted by Crippen LogP contribution is 2.04. The Kier molecular flexibility index (Phi) is 3.39. The van der Waals surface area contributed by atoms with Crippen LogP contribution in [-0.2, 0) is 4.79 Å². The molecule has 0 aromatic carbocycles. The van der Waals surface area contributed by atoms with Gasteiger partial charge in [0.15, 0.2) is 5.78 Å². The number of Topliss-reactive ketones (excluding diaryl/α,β-unsaturated/α-hetero) is 1. The molecule has 0 aromatic rings. The van der Waals surface area contributed by atoms with Crippen molar-refractivity contribution < 1.29 is 4.79 Å². The van der Waals surface area contributed by atoms with Crippen LogP contribution >= 0.6 is 0 Å².